The van der Waals surface area contributed by atoms with E-state index in [9.17, 15) is 4.79 Å². The van der Waals surface area contributed by atoms with Crippen molar-refractivity contribution in [3.8, 4) is 11.4 Å². The number of morpholine rings is 1. The van der Waals surface area contributed by atoms with Crippen molar-refractivity contribution in [2.45, 2.75) is 6.10 Å². The molecular formula is C20H23N5O2. The summed E-state index contributed by atoms with van der Waals surface area (Å²) in [6.07, 6.45) is 1.90. The van der Waals surface area contributed by atoms with Crippen molar-refractivity contribution >= 4 is 11.6 Å². The lowest BCUT2D eigenvalue weighted by Crippen LogP contribution is -2.47. The normalized spacial score (nSPS) is 17.1. The maximum Gasteiger partial charge on any atom is 0.269 e. The first-order valence-corrected chi connectivity index (χ1v) is 9.07. The molecule has 7 nitrogen and oxygen atoms in total. The van der Waals surface area contributed by atoms with Crippen LogP contribution in [0.3, 0.4) is 0 Å². The van der Waals surface area contributed by atoms with Crippen LogP contribution in [0.2, 0.25) is 0 Å². The van der Waals surface area contributed by atoms with E-state index >= 15 is 0 Å². The summed E-state index contributed by atoms with van der Waals surface area (Å²) in [4.78, 5) is 14.7. The minimum Gasteiger partial charge on any atom is -0.373 e. The standard InChI is InChI=1S/C20H23N5O2/c1-24-9-5-8-19(24)17-12-18(23-22-17)20(26)21-13-16-14-25(10-11-27-16)15-6-3-2-4-7-15/h2-9,12,16H,10-11,13-14H2,1H3,(H,21,26)(H,22,23). The number of aromatic amines is 1. The number of benzene rings is 1. The minimum atomic E-state index is -0.177. The molecule has 3 aromatic rings. The van der Waals surface area contributed by atoms with E-state index in [1.165, 1.54) is 5.69 Å². The number of aromatic nitrogens is 3. The number of hydrogen-bond acceptors (Lipinski definition) is 4. The first-order chi connectivity index (χ1) is 13.2. The van der Waals surface area contributed by atoms with Gasteiger partial charge >= 0.3 is 0 Å². The van der Waals surface area contributed by atoms with E-state index in [0.717, 1.165) is 24.5 Å². The second kappa shape index (κ2) is 7.67. The maximum atomic E-state index is 12.4. The summed E-state index contributed by atoms with van der Waals surface area (Å²) in [5.74, 6) is -0.177. The number of carbonyl (C=O) groups excluding carboxylic acids is 1. The lowest BCUT2D eigenvalue weighted by atomic mass is 10.2. The number of ether oxygens (including phenoxy) is 1. The number of para-hydroxylation sites is 1. The van der Waals surface area contributed by atoms with Crippen molar-refractivity contribution in [2.75, 3.05) is 31.1 Å². The Morgan fingerprint density at radius 2 is 2.15 bits per heavy atom. The third kappa shape index (κ3) is 3.88. The van der Waals surface area contributed by atoms with Crippen molar-refractivity contribution in [3.63, 3.8) is 0 Å². The van der Waals surface area contributed by atoms with E-state index < -0.39 is 0 Å². The van der Waals surface area contributed by atoms with Gasteiger partial charge in [-0.3, -0.25) is 9.89 Å². The topological polar surface area (TPSA) is 75.2 Å². The highest BCUT2D eigenvalue weighted by Crippen LogP contribution is 2.18. The van der Waals surface area contributed by atoms with Crippen LogP contribution in [0.4, 0.5) is 5.69 Å². The minimum absolute atomic E-state index is 0.0434. The van der Waals surface area contributed by atoms with E-state index in [2.05, 4.69) is 32.5 Å². The molecule has 140 valence electrons. The van der Waals surface area contributed by atoms with Gasteiger partial charge < -0.3 is 19.5 Å². The fraction of sp³-hybridized carbons (Fsp3) is 0.300. The van der Waals surface area contributed by atoms with Crippen LogP contribution in [0.5, 0.6) is 0 Å². The second-order valence-electron chi connectivity index (χ2n) is 6.66. The molecule has 7 heteroatoms. The van der Waals surface area contributed by atoms with E-state index in [4.69, 9.17) is 4.74 Å². The summed E-state index contributed by atoms with van der Waals surface area (Å²) in [6, 6.07) is 15.9. The van der Waals surface area contributed by atoms with Gasteiger partial charge in [0.05, 0.1) is 18.4 Å². The number of amides is 1. The van der Waals surface area contributed by atoms with E-state index in [1.807, 2.05) is 48.1 Å². The van der Waals surface area contributed by atoms with E-state index in [0.29, 0.717) is 18.8 Å². The number of carbonyl (C=O) groups is 1. The van der Waals surface area contributed by atoms with Crippen molar-refractivity contribution in [2.24, 2.45) is 7.05 Å². The third-order valence-corrected chi connectivity index (χ3v) is 4.78. The van der Waals surface area contributed by atoms with E-state index in [1.54, 1.807) is 6.07 Å². The van der Waals surface area contributed by atoms with Gasteiger partial charge in [0.1, 0.15) is 11.4 Å². The summed E-state index contributed by atoms with van der Waals surface area (Å²) in [5.41, 5.74) is 3.33. The van der Waals surface area contributed by atoms with Gasteiger partial charge in [0.2, 0.25) is 0 Å². The van der Waals surface area contributed by atoms with Crippen molar-refractivity contribution in [3.05, 3.63) is 60.4 Å². The van der Waals surface area contributed by atoms with Gasteiger partial charge in [-0.05, 0) is 30.3 Å². The van der Waals surface area contributed by atoms with Crippen LogP contribution in [0.15, 0.2) is 54.7 Å². The molecule has 3 heterocycles. The summed E-state index contributed by atoms with van der Waals surface area (Å²) in [6.45, 7) is 2.72. The molecule has 0 spiro atoms. The molecule has 1 unspecified atom stereocenters. The maximum absolute atomic E-state index is 12.4. The van der Waals surface area contributed by atoms with Crippen LogP contribution in [0.25, 0.3) is 11.4 Å². The fourth-order valence-corrected chi connectivity index (χ4v) is 3.31. The third-order valence-electron chi connectivity index (χ3n) is 4.78. The lowest BCUT2D eigenvalue weighted by Gasteiger charge is -2.34. The molecule has 1 aromatic carbocycles. The molecule has 0 bridgehead atoms. The second-order valence-corrected chi connectivity index (χ2v) is 6.66. The summed E-state index contributed by atoms with van der Waals surface area (Å²) < 4.78 is 7.77. The molecule has 2 N–H and O–H groups in total. The lowest BCUT2D eigenvalue weighted by molar-refractivity contribution is 0.0396. The summed E-state index contributed by atoms with van der Waals surface area (Å²) >= 11 is 0. The quantitative estimate of drug-likeness (QED) is 0.726. The Balaban J connectivity index is 1.34. The Morgan fingerprint density at radius 1 is 1.30 bits per heavy atom. The Labute approximate surface area is 157 Å². The van der Waals surface area contributed by atoms with Gasteiger partial charge in [0.25, 0.3) is 5.91 Å². The van der Waals surface area contributed by atoms with Crippen LogP contribution in [-0.2, 0) is 11.8 Å². The Hall–Kier alpha value is -3.06. The number of rotatable bonds is 5. The SMILES string of the molecule is Cn1cccc1-c1cc(C(=O)NCC2CN(c3ccccc3)CCO2)[nH]n1. The highest BCUT2D eigenvalue weighted by molar-refractivity contribution is 5.93. The smallest absolute Gasteiger partial charge is 0.269 e. The number of H-pyrrole nitrogens is 1. The predicted octanol–water partition coefficient (Wildman–Crippen LogP) is 2.05. The molecule has 1 amide bonds. The Kier molecular flexibility index (Phi) is 4.93. The average molecular weight is 365 g/mol. The Bertz CT molecular complexity index is 902. The molecule has 0 saturated carbocycles. The van der Waals surface area contributed by atoms with Crippen LogP contribution >= 0.6 is 0 Å². The molecule has 1 saturated heterocycles. The number of anilines is 1. The van der Waals surface area contributed by atoms with Gasteiger partial charge in [-0.25, -0.2) is 0 Å². The van der Waals surface area contributed by atoms with Gasteiger partial charge in [-0.1, -0.05) is 18.2 Å². The van der Waals surface area contributed by atoms with Crippen molar-refractivity contribution < 1.29 is 9.53 Å². The number of aryl methyl sites for hydroxylation is 1. The number of nitrogens with one attached hydrogen (secondary N) is 2. The Morgan fingerprint density at radius 3 is 2.93 bits per heavy atom. The zero-order chi connectivity index (χ0) is 18.6. The zero-order valence-corrected chi connectivity index (χ0v) is 15.3. The molecule has 1 atom stereocenters. The molecule has 1 fully saturated rings. The molecule has 0 aliphatic carbocycles. The first-order valence-electron chi connectivity index (χ1n) is 9.07. The average Bonchev–Trinajstić information content (AvgIpc) is 3.36. The summed E-state index contributed by atoms with van der Waals surface area (Å²) in [5, 5.41) is 10.0. The van der Waals surface area contributed by atoms with Gasteiger partial charge in [-0.15, -0.1) is 0 Å². The molecule has 4 rings (SSSR count). The van der Waals surface area contributed by atoms with E-state index in [-0.39, 0.29) is 12.0 Å². The van der Waals surface area contributed by atoms with Gasteiger partial charge in [0.15, 0.2) is 0 Å². The molecule has 2 aromatic heterocycles. The highest BCUT2D eigenvalue weighted by atomic mass is 16.5. The number of hydrogen-bond donors (Lipinski definition) is 2. The zero-order valence-electron chi connectivity index (χ0n) is 15.3. The van der Waals surface area contributed by atoms with Crippen LogP contribution in [0, 0.1) is 0 Å². The molecule has 27 heavy (non-hydrogen) atoms. The molecule has 0 radical (unpaired) electrons. The van der Waals surface area contributed by atoms with Crippen molar-refractivity contribution in [1.82, 2.24) is 20.1 Å². The monoisotopic (exact) mass is 365 g/mol. The van der Waals surface area contributed by atoms with Crippen LogP contribution in [-0.4, -0.2) is 53.0 Å². The van der Waals surface area contributed by atoms with Crippen LogP contribution in [0.1, 0.15) is 10.5 Å². The highest BCUT2D eigenvalue weighted by Gasteiger charge is 2.22. The van der Waals surface area contributed by atoms with Crippen molar-refractivity contribution in [1.29, 1.82) is 0 Å². The predicted molar refractivity (Wildman–Crippen MR) is 104 cm³/mol. The largest absolute Gasteiger partial charge is 0.373 e. The molecule has 1 aliphatic heterocycles. The fourth-order valence-electron chi connectivity index (χ4n) is 3.31. The van der Waals surface area contributed by atoms with Crippen LogP contribution < -0.4 is 10.2 Å². The van der Waals surface area contributed by atoms with Gasteiger partial charge in [-0.2, -0.15) is 5.10 Å². The summed E-state index contributed by atoms with van der Waals surface area (Å²) in [7, 11) is 1.95. The molecule has 1 aliphatic rings. The first kappa shape index (κ1) is 17.4. The van der Waals surface area contributed by atoms with Gasteiger partial charge in [0, 0.05) is 38.6 Å². The number of nitrogens with zero attached hydrogens (tertiary/aromatic N) is 3. The molecular weight excluding hydrogens is 342 g/mol.